The molecule has 1 aromatic heterocycles. The zero-order valence-corrected chi connectivity index (χ0v) is 6.40. The molecule has 1 aromatic rings. The number of anilines is 1. The fourth-order valence-electron chi connectivity index (χ4n) is 0.566. The number of aromatic nitrogens is 1. The average molecular weight is 142 g/mol. The van der Waals surface area contributed by atoms with Crippen LogP contribution in [0.2, 0.25) is 0 Å². The molecule has 0 fully saturated rings. The van der Waals surface area contributed by atoms with Crippen molar-refractivity contribution in [3.05, 3.63) is 10.4 Å². The van der Waals surface area contributed by atoms with Crippen LogP contribution in [-0.4, -0.2) is 4.98 Å². The van der Waals surface area contributed by atoms with Crippen LogP contribution in [0.25, 0.3) is 0 Å². The van der Waals surface area contributed by atoms with Crippen LogP contribution in [0.15, 0.2) is 5.38 Å². The van der Waals surface area contributed by atoms with Gasteiger partial charge in [-0.1, -0.05) is 13.8 Å². The number of thiazole rings is 1. The molecule has 2 N–H and O–H groups in total. The molecule has 2 nitrogen and oxygen atoms in total. The van der Waals surface area contributed by atoms with Crippen molar-refractivity contribution in [3.63, 3.8) is 0 Å². The summed E-state index contributed by atoms with van der Waals surface area (Å²) in [5, 5.41) is 2.99. The standard InChI is InChI=1S/C6H10N2S/c1-4(2)6-8-5(7)3-9-6/h3-4H,7H2,1-2H3. The van der Waals surface area contributed by atoms with E-state index in [9.17, 15) is 0 Å². The van der Waals surface area contributed by atoms with Gasteiger partial charge in [-0.2, -0.15) is 0 Å². The molecule has 0 aliphatic carbocycles. The predicted octanol–water partition coefficient (Wildman–Crippen LogP) is 1.85. The molecule has 0 aliphatic rings. The van der Waals surface area contributed by atoms with Crippen LogP contribution in [0.1, 0.15) is 24.8 Å². The minimum absolute atomic E-state index is 0.507. The molecule has 0 unspecified atom stereocenters. The molecule has 3 heteroatoms. The molecule has 0 atom stereocenters. The third-order valence-electron chi connectivity index (χ3n) is 1.03. The van der Waals surface area contributed by atoms with E-state index in [0.717, 1.165) is 5.01 Å². The Morgan fingerprint density at radius 3 is 2.56 bits per heavy atom. The molecule has 0 saturated carbocycles. The highest BCUT2D eigenvalue weighted by Gasteiger charge is 2.01. The van der Waals surface area contributed by atoms with E-state index in [1.165, 1.54) is 0 Å². The first-order valence-electron chi connectivity index (χ1n) is 2.91. The molecule has 1 heterocycles. The highest BCUT2D eigenvalue weighted by atomic mass is 32.1. The van der Waals surface area contributed by atoms with Crippen LogP contribution in [0.5, 0.6) is 0 Å². The highest BCUT2D eigenvalue weighted by molar-refractivity contribution is 7.10. The number of nitrogens with zero attached hydrogens (tertiary/aromatic N) is 1. The number of hydrogen-bond donors (Lipinski definition) is 1. The zero-order valence-electron chi connectivity index (χ0n) is 5.59. The van der Waals surface area contributed by atoms with E-state index < -0.39 is 0 Å². The Morgan fingerprint density at radius 2 is 2.33 bits per heavy atom. The summed E-state index contributed by atoms with van der Waals surface area (Å²) in [6.07, 6.45) is 0. The molecule has 0 bridgehead atoms. The zero-order chi connectivity index (χ0) is 6.85. The van der Waals surface area contributed by atoms with E-state index in [1.54, 1.807) is 11.3 Å². The number of nitrogens with two attached hydrogens (primary N) is 1. The Kier molecular flexibility index (Phi) is 1.71. The van der Waals surface area contributed by atoms with E-state index in [1.807, 2.05) is 5.38 Å². The minimum atomic E-state index is 0.507. The summed E-state index contributed by atoms with van der Waals surface area (Å²) in [6, 6.07) is 0. The largest absolute Gasteiger partial charge is 0.383 e. The summed E-state index contributed by atoms with van der Waals surface area (Å²) in [6.45, 7) is 4.22. The fraction of sp³-hybridized carbons (Fsp3) is 0.500. The smallest absolute Gasteiger partial charge is 0.134 e. The second-order valence-electron chi connectivity index (χ2n) is 2.27. The summed E-state index contributed by atoms with van der Waals surface area (Å²) in [5.41, 5.74) is 5.42. The average Bonchev–Trinajstić information content (AvgIpc) is 2.14. The second kappa shape index (κ2) is 2.35. The molecular weight excluding hydrogens is 132 g/mol. The van der Waals surface area contributed by atoms with Gasteiger partial charge in [-0.3, -0.25) is 0 Å². The summed E-state index contributed by atoms with van der Waals surface area (Å²) in [4.78, 5) is 4.11. The van der Waals surface area contributed by atoms with Crippen LogP contribution < -0.4 is 5.73 Å². The monoisotopic (exact) mass is 142 g/mol. The van der Waals surface area contributed by atoms with Gasteiger partial charge in [-0.25, -0.2) is 4.98 Å². The summed E-state index contributed by atoms with van der Waals surface area (Å²) >= 11 is 1.62. The van der Waals surface area contributed by atoms with Gasteiger partial charge in [0.2, 0.25) is 0 Å². The van der Waals surface area contributed by atoms with Gasteiger partial charge in [0.25, 0.3) is 0 Å². The van der Waals surface area contributed by atoms with Crippen LogP contribution in [0.4, 0.5) is 5.82 Å². The predicted molar refractivity (Wildman–Crippen MR) is 40.6 cm³/mol. The Bertz CT molecular complexity index is 193. The summed E-state index contributed by atoms with van der Waals surface area (Å²) in [7, 11) is 0. The quantitative estimate of drug-likeness (QED) is 0.650. The van der Waals surface area contributed by atoms with Crippen molar-refractivity contribution in [2.45, 2.75) is 19.8 Å². The molecule has 0 aliphatic heterocycles. The third-order valence-corrected chi connectivity index (χ3v) is 2.20. The van der Waals surface area contributed by atoms with E-state index in [0.29, 0.717) is 11.7 Å². The lowest BCUT2D eigenvalue weighted by Crippen LogP contribution is -1.87. The maximum Gasteiger partial charge on any atom is 0.134 e. The van der Waals surface area contributed by atoms with Crippen molar-refractivity contribution in [2.75, 3.05) is 5.73 Å². The Hall–Kier alpha value is -0.570. The summed E-state index contributed by atoms with van der Waals surface area (Å²) < 4.78 is 0. The van der Waals surface area contributed by atoms with Gasteiger partial charge in [0, 0.05) is 11.3 Å². The Labute approximate surface area is 58.7 Å². The van der Waals surface area contributed by atoms with Gasteiger partial charge >= 0.3 is 0 Å². The van der Waals surface area contributed by atoms with Crippen molar-refractivity contribution >= 4 is 17.2 Å². The first kappa shape index (κ1) is 6.55. The number of nitrogen functional groups attached to an aromatic ring is 1. The second-order valence-corrected chi connectivity index (χ2v) is 3.15. The molecule has 0 amide bonds. The molecule has 50 valence electrons. The SMILES string of the molecule is CC(C)c1nc(N)cs1. The van der Waals surface area contributed by atoms with E-state index >= 15 is 0 Å². The van der Waals surface area contributed by atoms with E-state index in [4.69, 9.17) is 5.73 Å². The lowest BCUT2D eigenvalue weighted by molar-refractivity contribution is 0.854. The van der Waals surface area contributed by atoms with E-state index in [-0.39, 0.29) is 0 Å². The van der Waals surface area contributed by atoms with Crippen LogP contribution >= 0.6 is 11.3 Å². The maximum atomic E-state index is 5.42. The van der Waals surface area contributed by atoms with Crippen LogP contribution in [0, 0.1) is 0 Å². The van der Waals surface area contributed by atoms with Gasteiger partial charge in [0.1, 0.15) is 5.82 Å². The van der Waals surface area contributed by atoms with Gasteiger partial charge < -0.3 is 5.73 Å². The summed E-state index contributed by atoms with van der Waals surface area (Å²) in [5.74, 6) is 1.15. The highest BCUT2D eigenvalue weighted by Crippen LogP contribution is 2.19. The van der Waals surface area contributed by atoms with Crippen LogP contribution in [-0.2, 0) is 0 Å². The first-order chi connectivity index (χ1) is 4.20. The normalized spacial score (nSPS) is 10.6. The minimum Gasteiger partial charge on any atom is -0.383 e. The van der Waals surface area contributed by atoms with Gasteiger partial charge in [0.15, 0.2) is 0 Å². The molecule has 9 heavy (non-hydrogen) atoms. The van der Waals surface area contributed by atoms with Crippen LogP contribution in [0.3, 0.4) is 0 Å². The first-order valence-corrected chi connectivity index (χ1v) is 3.79. The molecule has 1 rings (SSSR count). The fourth-order valence-corrected chi connectivity index (χ4v) is 1.29. The third kappa shape index (κ3) is 1.42. The molecule has 0 spiro atoms. The molecule has 0 aromatic carbocycles. The number of rotatable bonds is 1. The van der Waals surface area contributed by atoms with Gasteiger partial charge in [-0.15, -0.1) is 11.3 Å². The maximum absolute atomic E-state index is 5.42. The van der Waals surface area contributed by atoms with Crippen molar-refractivity contribution in [1.82, 2.24) is 4.98 Å². The van der Waals surface area contributed by atoms with Gasteiger partial charge in [-0.05, 0) is 0 Å². The molecular formula is C6H10N2S. The number of hydrogen-bond acceptors (Lipinski definition) is 3. The molecule has 0 saturated heterocycles. The Morgan fingerprint density at radius 1 is 1.67 bits per heavy atom. The van der Waals surface area contributed by atoms with Crippen molar-refractivity contribution in [1.29, 1.82) is 0 Å². The lowest BCUT2D eigenvalue weighted by Gasteiger charge is -1.94. The van der Waals surface area contributed by atoms with Crippen molar-refractivity contribution in [3.8, 4) is 0 Å². The lowest BCUT2D eigenvalue weighted by atomic mass is 10.2. The Balaban J connectivity index is 2.85. The van der Waals surface area contributed by atoms with Gasteiger partial charge in [0.05, 0.1) is 5.01 Å². The van der Waals surface area contributed by atoms with E-state index in [2.05, 4.69) is 18.8 Å². The van der Waals surface area contributed by atoms with Crippen molar-refractivity contribution in [2.24, 2.45) is 0 Å². The topological polar surface area (TPSA) is 38.9 Å². The van der Waals surface area contributed by atoms with Crippen molar-refractivity contribution < 1.29 is 0 Å². The molecule has 0 radical (unpaired) electrons.